The molecule has 0 fully saturated rings. The summed E-state index contributed by atoms with van der Waals surface area (Å²) in [7, 11) is 0. The van der Waals surface area contributed by atoms with E-state index in [0.29, 0.717) is 6.54 Å². The highest BCUT2D eigenvalue weighted by molar-refractivity contribution is 5.76. The van der Waals surface area contributed by atoms with Gasteiger partial charge in [-0.15, -0.1) is 0 Å². The highest BCUT2D eigenvalue weighted by atomic mass is 19.1. The first kappa shape index (κ1) is 13.4. The molecular formula is C12H16F2N2O. The molecule has 0 aliphatic heterocycles. The van der Waals surface area contributed by atoms with E-state index >= 15 is 0 Å². The molecule has 0 aromatic heterocycles. The van der Waals surface area contributed by atoms with Crippen molar-refractivity contribution in [2.45, 2.75) is 20.3 Å². The molecule has 1 aromatic carbocycles. The topological polar surface area (TPSA) is 41.1 Å². The van der Waals surface area contributed by atoms with Gasteiger partial charge in [-0.05, 0) is 25.5 Å². The Hall–Kier alpha value is -1.65. The molecule has 2 N–H and O–H groups in total. The first-order chi connectivity index (χ1) is 8.04. The molecule has 0 heterocycles. The lowest BCUT2D eigenvalue weighted by Gasteiger charge is -2.08. The SMILES string of the molecule is CCNC(=O)CCNc1cc(F)c(C)cc1F. The molecule has 0 spiro atoms. The Morgan fingerprint density at radius 3 is 2.65 bits per heavy atom. The van der Waals surface area contributed by atoms with Gasteiger partial charge in [0, 0.05) is 25.6 Å². The summed E-state index contributed by atoms with van der Waals surface area (Å²) in [6.07, 6.45) is 0.225. The molecule has 0 aliphatic rings. The van der Waals surface area contributed by atoms with Crippen LogP contribution in [0.3, 0.4) is 0 Å². The van der Waals surface area contributed by atoms with Gasteiger partial charge in [0.15, 0.2) is 0 Å². The molecule has 0 atom stereocenters. The lowest BCUT2D eigenvalue weighted by atomic mass is 10.2. The molecule has 1 rings (SSSR count). The Kier molecular flexibility index (Phi) is 4.87. The van der Waals surface area contributed by atoms with Gasteiger partial charge in [-0.1, -0.05) is 0 Å². The predicted octanol–water partition coefficient (Wildman–Crippen LogP) is 2.21. The highest BCUT2D eigenvalue weighted by Crippen LogP contribution is 2.18. The zero-order valence-corrected chi connectivity index (χ0v) is 9.94. The monoisotopic (exact) mass is 242 g/mol. The maximum atomic E-state index is 13.4. The largest absolute Gasteiger partial charge is 0.382 e. The third-order valence-corrected chi connectivity index (χ3v) is 2.29. The van der Waals surface area contributed by atoms with E-state index in [9.17, 15) is 13.6 Å². The second-order valence-electron chi connectivity index (χ2n) is 3.71. The van der Waals surface area contributed by atoms with Crippen LogP contribution in [0.5, 0.6) is 0 Å². The predicted molar refractivity (Wildman–Crippen MR) is 62.9 cm³/mol. The number of carbonyl (C=O) groups is 1. The maximum absolute atomic E-state index is 13.4. The van der Waals surface area contributed by atoms with Gasteiger partial charge < -0.3 is 10.6 Å². The van der Waals surface area contributed by atoms with Crippen LogP contribution in [0.1, 0.15) is 18.9 Å². The van der Waals surface area contributed by atoms with Crippen molar-refractivity contribution in [3.05, 3.63) is 29.3 Å². The number of rotatable bonds is 5. The summed E-state index contributed by atoms with van der Waals surface area (Å²) in [6, 6.07) is 2.23. The molecule has 3 nitrogen and oxygen atoms in total. The van der Waals surface area contributed by atoms with Crippen molar-refractivity contribution in [2.24, 2.45) is 0 Å². The summed E-state index contributed by atoms with van der Waals surface area (Å²) in [6.45, 7) is 4.15. The second-order valence-corrected chi connectivity index (χ2v) is 3.71. The number of nitrogens with one attached hydrogen (secondary N) is 2. The van der Waals surface area contributed by atoms with Crippen molar-refractivity contribution < 1.29 is 13.6 Å². The fraction of sp³-hybridized carbons (Fsp3) is 0.417. The second kappa shape index (κ2) is 6.18. The van der Waals surface area contributed by atoms with Gasteiger partial charge in [0.05, 0.1) is 5.69 Å². The summed E-state index contributed by atoms with van der Waals surface area (Å²) in [4.78, 5) is 11.1. The van der Waals surface area contributed by atoms with Gasteiger partial charge in [0.1, 0.15) is 11.6 Å². The van der Waals surface area contributed by atoms with Crippen molar-refractivity contribution in [1.29, 1.82) is 0 Å². The Morgan fingerprint density at radius 1 is 1.29 bits per heavy atom. The van der Waals surface area contributed by atoms with E-state index in [1.165, 1.54) is 6.92 Å². The molecule has 1 amide bonds. The van der Waals surface area contributed by atoms with Crippen LogP contribution in [-0.4, -0.2) is 19.0 Å². The van der Waals surface area contributed by atoms with E-state index in [-0.39, 0.29) is 30.1 Å². The molecule has 0 aliphatic carbocycles. The summed E-state index contributed by atoms with van der Waals surface area (Å²) in [5, 5.41) is 5.31. The van der Waals surface area contributed by atoms with Gasteiger partial charge in [0.25, 0.3) is 0 Å². The van der Waals surface area contributed by atoms with Crippen LogP contribution in [0.15, 0.2) is 12.1 Å². The molecule has 0 radical (unpaired) electrons. The normalized spacial score (nSPS) is 10.1. The summed E-state index contributed by atoms with van der Waals surface area (Å²) < 4.78 is 26.6. The zero-order valence-electron chi connectivity index (χ0n) is 9.94. The van der Waals surface area contributed by atoms with Crippen molar-refractivity contribution in [3.8, 4) is 0 Å². The number of hydrogen-bond donors (Lipinski definition) is 2. The number of aryl methyl sites for hydroxylation is 1. The van der Waals surface area contributed by atoms with Gasteiger partial charge in [-0.3, -0.25) is 4.79 Å². The Morgan fingerprint density at radius 2 is 2.00 bits per heavy atom. The third kappa shape index (κ3) is 4.01. The summed E-state index contributed by atoms with van der Waals surface area (Å²) in [5.41, 5.74) is 0.342. The minimum absolute atomic E-state index is 0.0809. The third-order valence-electron chi connectivity index (χ3n) is 2.29. The van der Waals surface area contributed by atoms with E-state index in [4.69, 9.17) is 0 Å². The quantitative estimate of drug-likeness (QED) is 0.831. The van der Waals surface area contributed by atoms with E-state index in [1.807, 2.05) is 6.92 Å². The number of benzene rings is 1. The minimum atomic E-state index is -0.514. The minimum Gasteiger partial charge on any atom is -0.382 e. The van der Waals surface area contributed by atoms with E-state index in [1.54, 1.807) is 0 Å². The standard InChI is InChI=1S/C12H16F2N2O/c1-3-15-12(17)4-5-16-11-7-9(13)8(2)6-10(11)14/h6-7,16H,3-5H2,1-2H3,(H,15,17). The van der Waals surface area contributed by atoms with Crippen molar-refractivity contribution >= 4 is 11.6 Å². The lowest BCUT2D eigenvalue weighted by Crippen LogP contribution is -2.24. The van der Waals surface area contributed by atoms with Crippen LogP contribution in [0.2, 0.25) is 0 Å². The molecule has 0 saturated carbocycles. The fourth-order valence-electron chi connectivity index (χ4n) is 1.38. The van der Waals surface area contributed by atoms with Crippen LogP contribution in [0.25, 0.3) is 0 Å². The van der Waals surface area contributed by atoms with Gasteiger partial charge in [-0.2, -0.15) is 0 Å². The maximum Gasteiger partial charge on any atom is 0.221 e. The van der Waals surface area contributed by atoms with Crippen LogP contribution >= 0.6 is 0 Å². The van der Waals surface area contributed by atoms with Gasteiger partial charge in [-0.25, -0.2) is 8.78 Å². The van der Waals surface area contributed by atoms with Crippen molar-refractivity contribution in [1.82, 2.24) is 5.32 Å². The first-order valence-electron chi connectivity index (χ1n) is 5.50. The molecule has 0 unspecified atom stereocenters. The molecule has 17 heavy (non-hydrogen) atoms. The fourth-order valence-corrected chi connectivity index (χ4v) is 1.38. The van der Waals surface area contributed by atoms with E-state index in [2.05, 4.69) is 10.6 Å². The summed E-state index contributed by atoms with van der Waals surface area (Å²) in [5.74, 6) is -1.10. The average Bonchev–Trinajstić information content (AvgIpc) is 2.26. The van der Waals surface area contributed by atoms with Crippen LogP contribution < -0.4 is 10.6 Å². The number of halogens is 2. The number of anilines is 1. The van der Waals surface area contributed by atoms with Crippen LogP contribution in [0, 0.1) is 18.6 Å². The molecule has 1 aromatic rings. The number of carbonyl (C=O) groups excluding carboxylic acids is 1. The Labute approximate surface area is 99.2 Å². The number of hydrogen-bond acceptors (Lipinski definition) is 2. The zero-order chi connectivity index (χ0) is 12.8. The smallest absolute Gasteiger partial charge is 0.221 e. The number of amides is 1. The van der Waals surface area contributed by atoms with Crippen molar-refractivity contribution in [2.75, 3.05) is 18.4 Å². The van der Waals surface area contributed by atoms with Gasteiger partial charge in [0.2, 0.25) is 5.91 Å². The Bertz CT molecular complexity index is 408. The van der Waals surface area contributed by atoms with Crippen molar-refractivity contribution in [3.63, 3.8) is 0 Å². The van der Waals surface area contributed by atoms with Gasteiger partial charge >= 0.3 is 0 Å². The molecule has 94 valence electrons. The van der Waals surface area contributed by atoms with Crippen LogP contribution in [-0.2, 0) is 4.79 Å². The van der Waals surface area contributed by atoms with E-state index < -0.39 is 11.6 Å². The Balaban J connectivity index is 2.52. The summed E-state index contributed by atoms with van der Waals surface area (Å²) >= 11 is 0. The molecule has 0 bridgehead atoms. The molecular weight excluding hydrogens is 226 g/mol. The van der Waals surface area contributed by atoms with E-state index in [0.717, 1.165) is 12.1 Å². The highest BCUT2D eigenvalue weighted by Gasteiger charge is 2.07. The molecule has 0 saturated heterocycles. The molecule has 5 heteroatoms. The average molecular weight is 242 g/mol. The van der Waals surface area contributed by atoms with Crippen LogP contribution in [0.4, 0.5) is 14.5 Å². The first-order valence-corrected chi connectivity index (χ1v) is 5.50. The lowest BCUT2D eigenvalue weighted by molar-refractivity contribution is -0.120.